The normalized spacial score (nSPS) is 17.0. The van der Waals surface area contributed by atoms with Gasteiger partial charge in [0.15, 0.2) is 0 Å². The van der Waals surface area contributed by atoms with Gasteiger partial charge in [0, 0.05) is 44.8 Å². The van der Waals surface area contributed by atoms with E-state index in [0.717, 1.165) is 51.1 Å². The molecule has 5 heteroatoms. The molecule has 1 saturated heterocycles. The maximum Gasteiger partial charge on any atom is 0.223 e. The van der Waals surface area contributed by atoms with Crippen LogP contribution in [-0.4, -0.2) is 40.2 Å². The average Bonchev–Trinajstić information content (AvgIpc) is 3.00. The molecule has 1 fully saturated rings. The van der Waals surface area contributed by atoms with E-state index in [1.807, 2.05) is 21.8 Å². The highest BCUT2D eigenvalue weighted by Crippen LogP contribution is 2.10. The Balaban J connectivity index is 1.65. The second-order valence-corrected chi connectivity index (χ2v) is 5.91. The quantitative estimate of drug-likeness (QED) is 0.785. The van der Waals surface area contributed by atoms with E-state index in [1.54, 1.807) is 0 Å². The number of amides is 1. The maximum absolute atomic E-state index is 12.0. The van der Waals surface area contributed by atoms with Crippen LogP contribution in [0.4, 0.5) is 0 Å². The number of piperidine rings is 1. The van der Waals surface area contributed by atoms with Crippen molar-refractivity contribution in [2.45, 2.75) is 58.5 Å². The average molecular weight is 292 g/mol. The molecule has 2 rings (SSSR count). The molecule has 118 valence electrons. The predicted molar refractivity (Wildman–Crippen MR) is 84.0 cm³/mol. The zero-order valence-electron chi connectivity index (χ0n) is 13.3. The molecule has 21 heavy (non-hydrogen) atoms. The lowest BCUT2D eigenvalue weighted by Gasteiger charge is -2.26. The van der Waals surface area contributed by atoms with Gasteiger partial charge >= 0.3 is 0 Å². The summed E-state index contributed by atoms with van der Waals surface area (Å²) in [6.07, 6.45) is 7.29. The number of carbonyl (C=O) groups is 1. The number of hydrogen-bond donors (Lipinski definition) is 1. The molecular weight excluding hydrogens is 264 g/mol. The predicted octanol–water partition coefficient (Wildman–Crippen LogP) is 2.35. The molecule has 0 saturated carbocycles. The SMILES string of the molecule is CCC(C)n1ccc(CNCCC(=O)N2CCCCC2)n1. The van der Waals surface area contributed by atoms with Gasteiger partial charge in [-0.1, -0.05) is 6.92 Å². The molecule has 0 spiro atoms. The van der Waals surface area contributed by atoms with Gasteiger partial charge in [-0.25, -0.2) is 0 Å². The fourth-order valence-electron chi connectivity index (χ4n) is 2.62. The summed E-state index contributed by atoms with van der Waals surface area (Å²) in [7, 11) is 0. The molecule has 0 bridgehead atoms. The molecule has 1 amide bonds. The van der Waals surface area contributed by atoms with Crippen LogP contribution in [0.5, 0.6) is 0 Å². The molecule has 1 N–H and O–H groups in total. The Kier molecular flexibility index (Phi) is 6.23. The van der Waals surface area contributed by atoms with Crippen LogP contribution in [0.2, 0.25) is 0 Å². The fraction of sp³-hybridized carbons (Fsp3) is 0.750. The van der Waals surface area contributed by atoms with Crippen LogP contribution in [0.3, 0.4) is 0 Å². The number of likely N-dealkylation sites (tertiary alicyclic amines) is 1. The van der Waals surface area contributed by atoms with Gasteiger partial charge in [-0.05, 0) is 38.7 Å². The molecule has 5 nitrogen and oxygen atoms in total. The lowest BCUT2D eigenvalue weighted by atomic mass is 10.1. The molecule has 1 aliphatic heterocycles. The number of rotatable bonds is 7. The van der Waals surface area contributed by atoms with Crippen LogP contribution < -0.4 is 5.32 Å². The van der Waals surface area contributed by atoms with Crippen LogP contribution in [-0.2, 0) is 11.3 Å². The van der Waals surface area contributed by atoms with E-state index in [4.69, 9.17) is 0 Å². The van der Waals surface area contributed by atoms with Gasteiger partial charge in [-0.15, -0.1) is 0 Å². The van der Waals surface area contributed by atoms with Crippen molar-refractivity contribution in [2.75, 3.05) is 19.6 Å². The third kappa shape index (κ3) is 4.84. The Hall–Kier alpha value is -1.36. The van der Waals surface area contributed by atoms with Crippen LogP contribution in [0, 0.1) is 0 Å². The van der Waals surface area contributed by atoms with Crippen molar-refractivity contribution in [3.63, 3.8) is 0 Å². The number of carbonyl (C=O) groups excluding carboxylic acids is 1. The monoisotopic (exact) mass is 292 g/mol. The van der Waals surface area contributed by atoms with E-state index in [0.29, 0.717) is 12.5 Å². The molecule has 1 aliphatic rings. The van der Waals surface area contributed by atoms with Crippen molar-refractivity contribution in [1.82, 2.24) is 20.0 Å². The fourth-order valence-corrected chi connectivity index (χ4v) is 2.62. The third-order valence-electron chi connectivity index (χ3n) is 4.24. The third-order valence-corrected chi connectivity index (χ3v) is 4.24. The molecule has 0 aromatic carbocycles. The molecule has 1 atom stereocenters. The summed E-state index contributed by atoms with van der Waals surface area (Å²) in [5.74, 6) is 0.285. The van der Waals surface area contributed by atoms with Crippen molar-refractivity contribution >= 4 is 5.91 Å². The highest BCUT2D eigenvalue weighted by Gasteiger charge is 2.15. The summed E-state index contributed by atoms with van der Waals surface area (Å²) < 4.78 is 2.01. The molecule has 1 unspecified atom stereocenters. The summed E-state index contributed by atoms with van der Waals surface area (Å²) in [4.78, 5) is 14.0. The van der Waals surface area contributed by atoms with Crippen LogP contribution in [0.15, 0.2) is 12.3 Å². The number of nitrogens with one attached hydrogen (secondary N) is 1. The maximum atomic E-state index is 12.0. The molecular formula is C16H28N4O. The topological polar surface area (TPSA) is 50.2 Å². The summed E-state index contributed by atoms with van der Waals surface area (Å²) >= 11 is 0. The highest BCUT2D eigenvalue weighted by atomic mass is 16.2. The molecule has 2 heterocycles. The minimum Gasteiger partial charge on any atom is -0.343 e. The molecule has 1 aromatic heterocycles. The molecule has 0 radical (unpaired) electrons. The van der Waals surface area contributed by atoms with E-state index >= 15 is 0 Å². The minimum atomic E-state index is 0.285. The van der Waals surface area contributed by atoms with Gasteiger partial charge in [0.25, 0.3) is 0 Å². The van der Waals surface area contributed by atoms with Crippen LogP contribution in [0.25, 0.3) is 0 Å². The number of hydrogen-bond acceptors (Lipinski definition) is 3. The van der Waals surface area contributed by atoms with Gasteiger partial charge in [-0.3, -0.25) is 9.48 Å². The van der Waals surface area contributed by atoms with Gasteiger partial charge in [-0.2, -0.15) is 5.10 Å². The highest BCUT2D eigenvalue weighted by molar-refractivity contribution is 5.76. The minimum absolute atomic E-state index is 0.285. The van der Waals surface area contributed by atoms with Crippen LogP contribution in [0.1, 0.15) is 57.7 Å². The van der Waals surface area contributed by atoms with Crippen molar-refractivity contribution in [3.8, 4) is 0 Å². The van der Waals surface area contributed by atoms with E-state index in [1.165, 1.54) is 6.42 Å². The molecule has 1 aromatic rings. The van der Waals surface area contributed by atoms with Crippen molar-refractivity contribution in [1.29, 1.82) is 0 Å². The first kappa shape index (κ1) is 16.0. The zero-order chi connectivity index (χ0) is 15.1. The van der Waals surface area contributed by atoms with Crippen molar-refractivity contribution < 1.29 is 4.79 Å². The zero-order valence-corrected chi connectivity index (χ0v) is 13.3. The lowest BCUT2D eigenvalue weighted by Crippen LogP contribution is -2.37. The largest absolute Gasteiger partial charge is 0.343 e. The summed E-state index contributed by atoms with van der Waals surface area (Å²) in [6.45, 7) is 7.68. The van der Waals surface area contributed by atoms with E-state index in [-0.39, 0.29) is 5.91 Å². The Labute approximate surface area is 127 Å². The Morgan fingerprint density at radius 3 is 2.86 bits per heavy atom. The first-order valence-electron chi connectivity index (χ1n) is 8.23. The van der Waals surface area contributed by atoms with Crippen LogP contribution >= 0.6 is 0 Å². The second kappa shape index (κ2) is 8.17. The number of aromatic nitrogens is 2. The van der Waals surface area contributed by atoms with E-state index < -0.39 is 0 Å². The first-order chi connectivity index (χ1) is 10.2. The summed E-state index contributed by atoms with van der Waals surface area (Å²) in [5.41, 5.74) is 1.04. The summed E-state index contributed by atoms with van der Waals surface area (Å²) in [5, 5.41) is 7.86. The van der Waals surface area contributed by atoms with Gasteiger partial charge in [0.2, 0.25) is 5.91 Å². The van der Waals surface area contributed by atoms with Crippen molar-refractivity contribution in [2.24, 2.45) is 0 Å². The van der Waals surface area contributed by atoms with Gasteiger partial charge < -0.3 is 10.2 Å². The Morgan fingerprint density at radius 2 is 2.14 bits per heavy atom. The first-order valence-corrected chi connectivity index (χ1v) is 8.23. The standard InChI is InChI=1S/C16H28N4O/c1-3-14(2)20-12-8-15(18-20)13-17-9-7-16(21)19-10-5-4-6-11-19/h8,12,14,17H,3-7,9-11,13H2,1-2H3. The summed E-state index contributed by atoms with van der Waals surface area (Å²) in [6, 6.07) is 2.49. The van der Waals surface area contributed by atoms with Gasteiger partial charge in [0.05, 0.1) is 5.69 Å². The lowest BCUT2D eigenvalue weighted by molar-refractivity contribution is -0.131. The second-order valence-electron chi connectivity index (χ2n) is 5.91. The smallest absolute Gasteiger partial charge is 0.223 e. The molecule has 0 aliphatic carbocycles. The Morgan fingerprint density at radius 1 is 1.38 bits per heavy atom. The van der Waals surface area contributed by atoms with Crippen molar-refractivity contribution in [3.05, 3.63) is 18.0 Å². The van der Waals surface area contributed by atoms with Gasteiger partial charge in [0.1, 0.15) is 0 Å². The number of nitrogens with zero attached hydrogens (tertiary/aromatic N) is 3. The van der Waals surface area contributed by atoms with E-state index in [9.17, 15) is 4.79 Å². The van der Waals surface area contributed by atoms with E-state index in [2.05, 4.69) is 24.3 Å². The Bertz CT molecular complexity index is 437.